The van der Waals surface area contributed by atoms with Crippen molar-refractivity contribution in [1.82, 2.24) is 29.9 Å². The highest BCUT2D eigenvalue weighted by Gasteiger charge is 2.52. The van der Waals surface area contributed by atoms with Gasteiger partial charge in [-0.3, -0.25) is 0 Å². The molecule has 0 N–H and O–H groups in total. The summed E-state index contributed by atoms with van der Waals surface area (Å²) in [5.41, 5.74) is 15.4. The zero-order valence-corrected chi connectivity index (χ0v) is 39.8. The number of aromatic nitrogens is 6. The third-order valence-corrected chi connectivity index (χ3v) is 14.3. The molecule has 12 aromatic rings. The van der Waals surface area contributed by atoms with Gasteiger partial charge in [-0.05, 0) is 62.7 Å². The maximum atomic E-state index is 6.79. The van der Waals surface area contributed by atoms with Gasteiger partial charge in [0.2, 0.25) is 0 Å². The van der Waals surface area contributed by atoms with E-state index in [9.17, 15) is 0 Å². The number of rotatable bonds is 8. The van der Waals surface area contributed by atoms with Gasteiger partial charge in [0.05, 0.1) is 5.41 Å². The Kier molecular flexibility index (Phi) is 10.3. The largest absolute Gasteiger partial charge is 0.457 e. The van der Waals surface area contributed by atoms with Gasteiger partial charge in [-0.25, -0.2) is 29.9 Å². The van der Waals surface area contributed by atoms with Gasteiger partial charge in [-0.15, -0.1) is 0 Å². The van der Waals surface area contributed by atoms with Crippen molar-refractivity contribution in [3.8, 4) is 113 Å². The molecular weight excluding hydrogens is 905 g/mol. The zero-order valence-electron chi connectivity index (χ0n) is 39.8. The Bertz CT molecular complexity index is 3870. The number of nitrogens with zero attached hydrogens (tertiary/aromatic N) is 6. The molecule has 10 aromatic carbocycles. The van der Waals surface area contributed by atoms with Crippen LogP contribution in [0.25, 0.3) is 102 Å². The van der Waals surface area contributed by atoms with Gasteiger partial charge in [0, 0.05) is 44.5 Å². The third-order valence-electron chi connectivity index (χ3n) is 14.3. The Morgan fingerprint density at radius 2 is 0.568 bits per heavy atom. The van der Waals surface area contributed by atoms with Crippen LogP contribution in [0.15, 0.2) is 255 Å². The van der Waals surface area contributed by atoms with Gasteiger partial charge < -0.3 is 4.74 Å². The van der Waals surface area contributed by atoms with Gasteiger partial charge in [0.1, 0.15) is 11.5 Å². The first-order chi connectivity index (χ1) is 36.7. The Morgan fingerprint density at radius 1 is 0.230 bits per heavy atom. The number of para-hydroxylation sites is 2. The SMILES string of the molecule is c1ccc(-c2ccc(-c3nc(-c4ccc(-c5ccccc5)cc4)nc(-c4ccc5c(c4)-c4cccc(-c6nc(-c7ccccc7)nc(-c7ccccc7)n6)c4C54c5ccccc5Oc5ccccc54)n3)cc2)cc1. The topological polar surface area (TPSA) is 86.6 Å². The number of hydrogen-bond acceptors (Lipinski definition) is 7. The highest BCUT2D eigenvalue weighted by Crippen LogP contribution is 2.64. The lowest BCUT2D eigenvalue weighted by Crippen LogP contribution is -2.32. The summed E-state index contributed by atoms with van der Waals surface area (Å²) in [6, 6.07) is 88.0. The Hall–Kier alpha value is -9.98. The zero-order chi connectivity index (χ0) is 49.0. The fraction of sp³-hybridized carbons (Fsp3) is 0.0149. The van der Waals surface area contributed by atoms with Crippen molar-refractivity contribution in [3.05, 3.63) is 277 Å². The summed E-state index contributed by atoms with van der Waals surface area (Å²) in [6.07, 6.45) is 0. The summed E-state index contributed by atoms with van der Waals surface area (Å²) < 4.78 is 6.79. The smallest absolute Gasteiger partial charge is 0.164 e. The van der Waals surface area contributed by atoms with Crippen molar-refractivity contribution in [3.63, 3.8) is 0 Å². The second kappa shape index (κ2) is 17.7. The van der Waals surface area contributed by atoms with Crippen LogP contribution in [-0.4, -0.2) is 29.9 Å². The summed E-state index contributed by atoms with van der Waals surface area (Å²) in [4.78, 5) is 31.5. The molecule has 0 saturated carbocycles. The van der Waals surface area contributed by atoms with Crippen LogP contribution in [-0.2, 0) is 5.41 Å². The first kappa shape index (κ1) is 42.9. The first-order valence-electron chi connectivity index (χ1n) is 24.8. The Balaban J connectivity index is 0.992. The minimum absolute atomic E-state index is 0.566. The van der Waals surface area contributed by atoms with Crippen LogP contribution in [0.3, 0.4) is 0 Å². The Labute approximate surface area is 428 Å². The van der Waals surface area contributed by atoms with Crippen LogP contribution >= 0.6 is 0 Å². The number of ether oxygens (including phenoxy) is 1. The highest BCUT2D eigenvalue weighted by atomic mass is 16.5. The average molecular weight is 947 g/mol. The molecule has 346 valence electrons. The lowest BCUT2D eigenvalue weighted by molar-refractivity contribution is 0.436. The second-order valence-electron chi connectivity index (χ2n) is 18.6. The molecular formula is C67H42N6O. The molecule has 74 heavy (non-hydrogen) atoms. The maximum absolute atomic E-state index is 6.79. The predicted octanol–water partition coefficient (Wildman–Crippen LogP) is 15.9. The molecule has 1 aliphatic heterocycles. The van der Waals surface area contributed by atoms with E-state index in [2.05, 4.69) is 170 Å². The molecule has 0 radical (unpaired) electrons. The van der Waals surface area contributed by atoms with Crippen molar-refractivity contribution >= 4 is 0 Å². The summed E-state index contributed by atoms with van der Waals surface area (Å²) in [5.74, 6) is 5.08. The van der Waals surface area contributed by atoms with E-state index >= 15 is 0 Å². The predicted molar refractivity (Wildman–Crippen MR) is 294 cm³/mol. The molecule has 0 atom stereocenters. The van der Waals surface area contributed by atoms with E-state index in [4.69, 9.17) is 34.6 Å². The molecule has 7 heteroatoms. The van der Waals surface area contributed by atoms with Crippen molar-refractivity contribution in [2.75, 3.05) is 0 Å². The second-order valence-corrected chi connectivity index (χ2v) is 18.6. The van der Waals surface area contributed by atoms with E-state index in [0.29, 0.717) is 34.9 Å². The highest BCUT2D eigenvalue weighted by molar-refractivity contribution is 5.95. The lowest BCUT2D eigenvalue weighted by Gasteiger charge is -2.40. The van der Waals surface area contributed by atoms with Crippen LogP contribution in [0.1, 0.15) is 22.3 Å². The number of fused-ring (bicyclic) bond motifs is 9. The molecule has 0 amide bonds. The molecule has 0 saturated heterocycles. The quantitative estimate of drug-likeness (QED) is 0.150. The van der Waals surface area contributed by atoms with Gasteiger partial charge in [0.25, 0.3) is 0 Å². The van der Waals surface area contributed by atoms with Crippen LogP contribution in [0, 0.1) is 0 Å². The van der Waals surface area contributed by atoms with E-state index in [1.165, 1.54) is 0 Å². The molecule has 1 spiro atoms. The summed E-state index contributed by atoms with van der Waals surface area (Å²) >= 11 is 0. The van der Waals surface area contributed by atoms with Crippen molar-refractivity contribution < 1.29 is 4.74 Å². The van der Waals surface area contributed by atoms with Crippen LogP contribution in [0.5, 0.6) is 11.5 Å². The molecule has 7 nitrogen and oxygen atoms in total. The summed E-state index contributed by atoms with van der Waals surface area (Å²) in [5, 5.41) is 0. The lowest BCUT2D eigenvalue weighted by atomic mass is 9.65. The molecule has 0 bridgehead atoms. The standard InChI is InChI=1S/C67H42N6O/c1-5-18-43(19-6-1)45-32-36-49(37-33-45)63-69-64(50-38-34-46(35-39-50)44-20-7-2-8-21-44)71-65(70-63)51-40-41-55-54(42-51)52-26-17-27-53(60(52)67(55)56-28-13-15-30-58(56)74-59-31-16-14-29-57(59)67)66-72-61(47-22-9-3-10-23-47)68-62(73-66)48-24-11-4-12-25-48/h1-42H. The molecule has 0 unspecified atom stereocenters. The normalized spacial score (nSPS) is 12.5. The van der Waals surface area contributed by atoms with E-state index in [0.717, 1.165) is 101 Å². The molecule has 3 heterocycles. The molecule has 0 fully saturated rings. The van der Waals surface area contributed by atoms with E-state index in [-0.39, 0.29) is 0 Å². The monoisotopic (exact) mass is 946 g/mol. The van der Waals surface area contributed by atoms with Crippen LogP contribution < -0.4 is 4.74 Å². The van der Waals surface area contributed by atoms with Gasteiger partial charge in [0.15, 0.2) is 34.9 Å². The van der Waals surface area contributed by atoms with Gasteiger partial charge in [-0.1, -0.05) is 237 Å². The summed E-state index contributed by atoms with van der Waals surface area (Å²) in [7, 11) is 0. The average Bonchev–Trinajstić information content (AvgIpc) is 3.78. The van der Waals surface area contributed by atoms with Crippen molar-refractivity contribution in [2.24, 2.45) is 0 Å². The minimum atomic E-state index is -0.839. The maximum Gasteiger partial charge on any atom is 0.164 e. The van der Waals surface area contributed by atoms with E-state index in [1.54, 1.807) is 0 Å². The Morgan fingerprint density at radius 3 is 1.04 bits per heavy atom. The molecule has 2 aromatic heterocycles. The third kappa shape index (κ3) is 7.21. The minimum Gasteiger partial charge on any atom is -0.457 e. The van der Waals surface area contributed by atoms with Crippen LogP contribution in [0.2, 0.25) is 0 Å². The summed E-state index contributed by atoms with van der Waals surface area (Å²) in [6.45, 7) is 0. The van der Waals surface area contributed by atoms with Crippen molar-refractivity contribution in [1.29, 1.82) is 0 Å². The van der Waals surface area contributed by atoms with Gasteiger partial charge in [-0.2, -0.15) is 0 Å². The molecule has 2 aliphatic rings. The van der Waals surface area contributed by atoms with E-state index in [1.807, 2.05) is 84.9 Å². The fourth-order valence-electron chi connectivity index (χ4n) is 10.9. The van der Waals surface area contributed by atoms with E-state index < -0.39 is 5.41 Å². The number of benzene rings is 10. The molecule has 14 rings (SSSR count). The molecule has 1 aliphatic carbocycles. The number of hydrogen-bond donors (Lipinski definition) is 0. The van der Waals surface area contributed by atoms with Crippen LogP contribution in [0.4, 0.5) is 0 Å². The fourth-order valence-corrected chi connectivity index (χ4v) is 10.9. The van der Waals surface area contributed by atoms with Crippen molar-refractivity contribution in [2.45, 2.75) is 5.41 Å². The first-order valence-corrected chi connectivity index (χ1v) is 24.8. The van der Waals surface area contributed by atoms with Gasteiger partial charge >= 0.3 is 0 Å².